The van der Waals surface area contributed by atoms with Crippen molar-refractivity contribution in [2.45, 2.75) is 39.3 Å². The lowest BCUT2D eigenvalue weighted by molar-refractivity contribution is -0.123. The summed E-state index contributed by atoms with van der Waals surface area (Å²) in [5.41, 5.74) is 8.02. The number of halogens is 1. The number of nitrogens with one attached hydrogen (secondary N) is 1. The van der Waals surface area contributed by atoms with E-state index in [-0.39, 0.29) is 24.2 Å². The predicted octanol–water partition coefficient (Wildman–Crippen LogP) is 2.34. The number of hydrogen-bond donors (Lipinski definition) is 2. The maximum Gasteiger partial charge on any atom is 0.237 e. The maximum absolute atomic E-state index is 11.9. The number of nitrogens with zero attached hydrogens (tertiary/aromatic N) is 2. The molecule has 0 aliphatic rings. The van der Waals surface area contributed by atoms with Crippen LogP contribution in [0.2, 0.25) is 0 Å². The summed E-state index contributed by atoms with van der Waals surface area (Å²) in [7, 11) is 0. The first kappa shape index (κ1) is 18.5. The Bertz CT molecular complexity index is 599. The van der Waals surface area contributed by atoms with Gasteiger partial charge in [-0.3, -0.25) is 4.79 Å². The van der Waals surface area contributed by atoms with Crippen LogP contribution in [0.15, 0.2) is 30.6 Å². The van der Waals surface area contributed by atoms with Gasteiger partial charge in [-0.15, -0.1) is 12.4 Å². The van der Waals surface area contributed by atoms with Crippen molar-refractivity contribution >= 4 is 29.3 Å². The molecule has 0 saturated heterocycles. The smallest absolute Gasteiger partial charge is 0.237 e. The number of benzene rings is 1. The second kappa shape index (κ2) is 8.76. The lowest BCUT2D eigenvalue weighted by Gasteiger charge is -2.17. The molecule has 0 spiro atoms. The molecular weight excluding hydrogens is 300 g/mol. The minimum atomic E-state index is -0.413. The first-order valence-corrected chi connectivity index (χ1v) is 7.56. The highest BCUT2D eigenvalue weighted by Gasteiger charge is 2.18. The van der Waals surface area contributed by atoms with E-state index in [9.17, 15) is 4.79 Å². The van der Waals surface area contributed by atoms with E-state index in [1.165, 1.54) is 0 Å². The van der Waals surface area contributed by atoms with Crippen LogP contribution in [-0.2, 0) is 11.3 Å². The molecule has 0 aliphatic carbocycles. The van der Waals surface area contributed by atoms with Crippen molar-refractivity contribution in [1.82, 2.24) is 14.9 Å². The first-order valence-electron chi connectivity index (χ1n) is 7.56. The van der Waals surface area contributed by atoms with Crippen molar-refractivity contribution in [1.29, 1.82) is 0 Å². The number of hydrogen-bond acceptors (Lipinski definition) is 3. The predicted molar refractivity (Wildman–Crippen MR) is 92.0 cm³/mol. The normalized spacial score (nSPS) is 13.4. The zero-order valence-electron chi connectivity index (χ0n) is 13.2. The summed E-state index contributed by atoms with van der Waals surface area (Å²) >= 11 is 0. The van der Waals surface area contributed by atoms with Crippen molar-refractivity contribution in [2.75, 3.05) is 6.54 Å². The van der Waals surface area contributed by atoms with Gasteiger partial charge in [-0.05, 0) is 24.5 Å². The third-order valence-electron chi connectivity index (χ3n) is 3.96. The molecule has 22 heavy (non-hydrogen) atoms. The number of aryl methyl sites for hydroxylation is 1. The SMILES string of the molecule is CCC(C)C(N)C(=O)NCCCn1cnc2ccccc21.Cl. The minimum Gasteiger partial charge on any atom is -0.355 e. The number of amides is 1. The van der Waals surface area contributed by atoms with Crippen molar-refractivity contribution in [3.8, 4) is 0 Å². The van der Waals surface area contributed by atoms with Crippen LogP contribution in [0.1, 0.15) is 26.7 Å². The molecule has 1 heterocycles. The van der Waals surface area contributed by atoms with Crippen molar-refractivity contribution < 1.29 is 4.79 Å². The van der Waals surface area contributed by atoms with Crippen LogP contribution in [0.3, 0.4) is 0 Å². The molecule has 0 radical (unpaired) electrons. The van der Waals surface area contributed by atoms with Crippen molar-refractivity contribution in [3.63, 3.8) is 0 Å². The highest BCUT2D eigenvalue weighted by molar-refractivity contribution is 5.85. The zero-order valence-corrected chi connectivity index (χ0v) is 14.0. The Balaban J connectivity index is 0.00000242. The standard InChI is InChI=1S/C16H24N4O.ClH/c1-3-12(2)15(17)16(21)18-9-6-10-20-11-19-13-7-4-5-8-14(13)20;/h4-5,7-8,11-12,15H,3,6,9-10,17H2,1-2H3,(H,18,21);1H. The Hall–Kier alpha value is -1.59. The van der Waals surface area contributed by atoms with Crippen LogP contribution in [0.5, 0.6) is 0 Å². The van der Waals surface area contributed by atoms with Crippen LogP contribution in [0, 0.1) is 5.92 Å². The second-order valence-electron chi connectivity index (χ2n) is 5.48. The largest absolute Gasteiger partial charge is 0.355 e. The first-order chi connectivity index (χ1) is 10.1. The summed E-state index contributed by atoms with van der Waals surface area (Å²) in [5, 5.41) is 2.91. The topological polar surface area (TPSA) is 72.9 Å². The fourth-order valence-corrected chi connectivity index (χ4v) is 2.28. The van der Waals surface area contributed by atoms with Gasteiger partial charge in [0.05, 0.1) is 23.4 Å². The number of rotatable bonds is 7. The van der Waals surface area contributed by atoms with Crippen LogP contribution >= 0.6 is 12.4 Å². The molecule has 2 unspecified atom stereocenters. The van der Waals surface area contributed by atoms with E-state index in [0.29, 0.717) is 6.54 Å². The average molecular weight is 325 g/mol. The third kappa shape index (κ3) is 4.45. The number of carbonyl (C=O) groups excluding carboxylic acids is 1. The monoisotopic (exact) mass is 324 g/mol. The Morgan fingerprint density at radius 3 is 2.86 bits per heavy atom. The molecule has 2 atom stereocenters. The van der Waals surface area contributed by atoms with Gasteiger partial charge in [-0.25, -0.2) is 4.98 Å². The Morgan fingerprint density at radius 1 is 1.41 bits per heavy atom. The molecule has 1 aromatic heterocycles. The molecule has 0 fully saturated rings. The van der Waals surface area contributed by atoms with Gasteiger partial charge in [0.2, 0.25) is 5.91 Å². The van der Waals surface area contributed by atoms with Gasteiger partial charge in [0.1, 0.15) is 0 Å². The highest BCUT2D eigenvalue weighted by Crippen LogP contribution is 2.12. The van der Waals surface area contributed by atoms with Crippen LogP contribution in [0.4, 0.5) is 0 Å². The van der Waals surface area contributed by atoms with Crippen molar-refractivity contribution in [3.05, 3.63) is 30.6 Å². The fourth-order valence-electron chi connectivity index (χ4n) is 2.28. The summed E-state index contributed by atoms with van der Waals surface area (Å²) in [4.78, 5) is 16.2. The summed E-state index contributed by atoms with van der Waals surface area (Å²) in [6.45, 7) is 5.51. The van der Waals surface area contributed by atoms with Gasteiger partial charge >= 0.3 is 0 Å². The Labute approximate surface area is 137 Å². The van der Waals surface area contributed by atoms with E-state index in [4.69, 9.17) is 5.73 Å². The molecule has 6 heteroatoms. The molecule has 2 rings (SSSR count). The van der Waals surface area contributed by atoms with Crippen LogP contribution < -0.4 is 11.1 Å². The fraction of sp³-hybridized carbons (Fsp3) is 0.500. The molecule has 2 aromatic rings. The van der Waals surface area contributed by atoms with E-state index in [0.717, 1.165) is 30.4 Å². The van der Waals surface area contributed by atoms with Gasteiger partial charge in [0.25, 0.3) is 0 Å². The van der Waals surface area contributed by atoms with Gasteiger partial charge in [0.15, 0.2) is 0 Å². The molecule has 0 saturated carbocycles. The van der Waals surface area contributed by atoms with Gasteiger partial charge in [-0.1, -0.05) is 32.4 Å². The molecular formula is C16H25ClN4O. The number of para-hydroxylation sites is 2. The number of carbonyl (C=O) groups is 1. The van der Waals surface area contributed by atoms with Crippen molar-refractivity contribution in [2.24, 2.45) is 11.7 Å². The van der Waals surface area contributed by atoms with Gasteiger partial charge < -0.3 is 15.6 Å². The Morgan fingerprint density at radius 2 is 2.14 bits per heavy atom. The summed E-state index contributed by atoms with van der Waals surface area (Å²) in [6.07, 6.45) is 3.62. The lowest BCUT2D eigenvalue weighted by Crippen LogP contribution is -2.44. The van der Waals surface area contributed by atoms with E-state index >= 15 is 0 Å². The van der Waals surface area contributed by atoms with E-state index < -0.39 is 6.04 Å². The summed E-state index contributed by atoms with van der Waals surface area (Å²) in [6, 6.07) is 7.63. The highest BCUT2D eigenvalue weighted by atomic mass is 35.5. The lowest BCUT2D eigenvalue weighted by atomic mass is 9.99. The number of fused-ring (bicyclic) bond motifs is 1. The number of nitrogens with two attached hydrogens (primary N) is 1. The minimum absolute atomic E-state index is 0. The van der Waals surface area contributed by atoms with E-state index in [1.807, 2.05) is 38.4 Å². The van der Waals surface area contributed by atoms with Crippen LogP contribution in [0.25, 0.3) is 11.0 Å². The summed E-state index contributed by atoms with van der Waals surface area (Å²) < 4.78 is 2.11. The molecule has 5 nitrogen and oxygen atoms in total. The molecule has 1 aromatic carbocycles. The second-order valence-corrected chi connectivity index (χ2v) is 5.48. The van der Waals surface area contributed by atoms with Gasteiger partial charge in [0, 0.05) is 13.1 Å². The molecule has 122 valence electrons. The molecule has 0 bridgehead atoms. The van der Waals surface area contributed by atoms with E-state index in [1.54, 1.807) is 0 Å². The number of imidazole rings is 1. The maximum atomic E-state index is 11.9. The average Bonchev–Trinajstić information content (AvgIpc) is 2.93. The molecule has 0 aliphatic heterocycles. The summed E-state index contributed by atoms with van der Waals surface area (Å²) in [5.74, 6) is 0.155. The number of aromatic nitrogens is 2. The zero-order chi connectivity index (χ0) is 15.2. The van der Waals surface area contributed by atoms with E-state index in [2.05, 4.69) is 20.9 Å². The Kier molecular flexibility index (Phi) is 7.35. The third-order valence-corrected chi connectivity index (χ3v) is 3.96. The molecule has 1 amide bonds. The van der Waals surface area contributed by atoms with Gasteiger partial charge in [-0.2, -0.15) is 0 Å². The van der Waals surface area contributed by atoms with Crippen LogP contribution in [-0.4, -0.2) is 28.0 Å². The quantitative estimate of drug-likeness (QED) is 0.768. The molecule has 3 N–H and O–H groups in total.